The predicted octanol–water partition coefficient (Wildman–Crippen LogP) is 21.4. The molecule has 430 valence electrons. The normalized spacial score (nSPS) is 13.0. The SMILES string of the molecule is CC/C=C\C/C=C\C/C=C\C/C=C\C/C=C\C/C=C\C/C=C\C/C=C\C/C=C\CCCCCCCCCC(=O)OCC(COC(=O)CCCCCCCCCC)OC(=O)CCCCCCC/C=C\C/C=C\CCCCC. The summed E-state index contributed by atoms with van der Waals surface area (Å²) >= 11 is 0. The van der Waals surface area contributed by atoms with Gasteiger partial charge in [-0.05, 0) is 122 Å². The Hall–Kier alpha value is -4.45. The molecule has 0 aliphatic rings. The molecule has 0 aliphatic heterocycles. The number of carbonyl (C=O) groups excluding carboxylic acids is 3. The van der Waals surface area contributed by atoms with Crippen LogP contribution < -0.4 is 0 Å². The van der Waals surface area contributed by atoms with Crippen molar-refractivity contribution in [1.82, 2.24) is 0 Å². The Morgan fingerprint density at radius 3 is 0.829 bits per heavy atom. The van der Waals surface area contributed by atoms with E-state index in [-0.39, 0.29) is 31.1 Å². The third-order valence-electron chi connectivity index (χ3n) is 12.9. The van der Waals surface area contributed by atoms with Crippen LogP contribution in [0.1, 0.15) is 271 Å². The smallest absolute Gasteiger partial charge is 0.306 e. The fourth-order valence-corrected chi connectivity index (χ4v) is 8.23. The minimum atomic E-state index is -0.791. The first-order valence-corrected chi connectivity index (χ1v) is 31.2. The van der Waals surface area contributed by atoms with Crippen LogP contribution in [0.25, 0.3) is 0 Å². The highest BCUT2D eigenvalue weighted by Gasteiger charge is 2.19. The average molecular weight is 1050 g/mol. The molecule has 0 heterocycles. The molecule has 0 spiro atoms. The summed E-state index contributed by atoms with van der Waals surface area (Å²) in [5.74, 6) is -0.920. The lowest BCUT2D eigenvalue weighted by molar-refractivity contribution is -0.167. The molecule has 0 aromatic heterocycles. The lowest BCUT2D eigenvalue weighted by Gasteiger charge is -2.18. The number of ether oxygens (including phenoxy) is 3. The molecule has 0 aromatic carbocycles. The van der Waals surface area contributed by atoms with Crippen molar-refractivity contribution in [2.24, 2.45) is 0 Å². The van der Waals surface area contributed by atoms with Crippen molar-refractivity contribution in [2.75, 3.05) is 13.2 Å². The van der Waals surface area contributed by atoms with Crippen molar-refractivity contribution < 1.29 is 28.6 Å². The first kappa shape index (κ1) is 71.5. The van der Waals surface area contributed by atoms with Gasteiger partial charge in [0.15, 0.2) is 6.10 Å². The van der Waals surface area contributed by atoms with Gasteiger partial charge in [0, 0.05) is 19.3 Å². The highest BCUT2D eigenvalue weighted by atomic mass is 16.6. The number of esters is 3. The molecule has 6 nitrogen and oxygen atoms in total. The average Bonchev–Trinajstić information content (AvgIpc) is 3.42. The first-order valence-electron chi connectivity index (χ1n) is 31.2. The molecule has 76 heavy (non-hydrogen) atoms. The summed E-state index contributed by atoms with van der Waals surface area (Å²) in [4.78, 5) is 38.0. The molecule has 6 heteroatoms. The Morgan fingerprint density at radius 1 is 0.276 bits per heavy atom. The zero-order chi connectivity index (χ0) is 55.0. The monoisotopic (exact) mass is 1050 g/mol. The van der Waals surface area contributed by atoms with E-state index < -0.39 is 6.10 Å². The van der Waals surface area contributed by atoms with Gasteiger partial charge in [-0.3, -0.25) is 14.4 Å². The van der Waals surface area contributed by atoms with E-state index in [1.54, 1.807) is 0 Å². The van der Waals surface area contributed by atoms with Gasteiger partial charge in [0.2, 0.25) is 0 Å². The lowest BCUT2D eigenvalue weighted by atomic mass is 10.1. The van der Waals surface area contributed by atoms with Gasteiger partial charge in [-0.2, -0.15) is 0 Å². The van der Waals surface area contributed by atoms with E-state index in [0.29, 0.717) is 19.3 Å². The van der Waals surface area contributed by atoms with Crippen molar-refractivity contribution in [3.63, 3.8) is 0 Å². The Morgan fingerprint density at radius 2 is 0.513 bits per heavy atom. The molecule has 0 saturated carbocycles. The van der Waals surface area contributed by atoms with Gasteiger partial charge in [-0.25, -0.2) is 0 Å². The second kappa shape index (κ2) is 63.1. The standard InChI is InChI=1S/C70H114O6/c1-4-7-10-13-16-19-21-23-25-26-27-28-29-30-31-32-33-34-35-36-37-38-39-40-41-42-43-44-46-47-49-51-54-57-60-63-69(72)75-66-67(65-74-68(71)62-59-56-53-18-15-12-9-6-3)76-70(73)64-61-58-55-52-50-48-45-24-22-20-17-14-11-8-5-2/h7,10,16-17,19-20,23-25,27-28,30-31,33-34,36-37,39-40,42-43,45,67H,4-6,8-9,11-15,18,21-22,26,29,32,35,38,41,44,46-66H2,1-3H3/b10-7-,19-16-,20-17-,25-23-,28-27-,31-30-,34-33-,37-36-,40-39-,43-42-,45-24-. The molecule has 1 atom stereocenters. The lowest BCUT2D eigenvalue weighted by Crippen LogP contribution is -2.30. The van der Waals surface area contributed by atoms with Gasteiger partial charge in [0.1, 0.15) is 13.2 Å². The van der Waals surface area contributed by atoms with Gasteiger partial charge in [0.25, 0.3) is 0 Å². The molecule has 0 radical (unpaired) electrons. The van der Waals surface area contributed by atoms with Crippen LogP contribution in [0.15, 0.2) is 134 Å². The molecule has 0 fully saturated rings. The van der Waals surface area contributed by atoms with E-state index in [1.807, 2.05) is 0 Å². The summed E-state index contributed by atoms with van der Waals surface area (Å²) < 4.78 is 16.8. The third-order valence-corrected chi connectivity index (χ3v) is 12.9. The van der Waals surface area contributed by atoms with Crippen LogP contribution in [-0.4, -0.2) is 37.2 Å². The van der Waals surface area contributed by atoms with Crippen LogP contribution in [0.4, 0.5) is 0 Å². The van der Waals surface area contributed by atoms with Crippen molar-refractivity contribution in [1.29, 1.82) is 0 Å². The molecular weight excluding hydrogens is 937 g/mol. The number of hydrogen-bond donors (Lipinski definition) is 0. The number of allylic oxidation sites excluding steroid dienone is 22. The summed E-state index contributed by atoms with van der Waals surface area (Å²) in [7, 11) is 0. The van der Waals surface area contributed by atoms with Crippen LogP contribution in [0, 0.1) is 0 Å². The Balaban J connectivity index is 4.18. The van der Waals surface area contributed by atoms with Crippen LogP contribution in [0.2, 0.25) is 0 Å². The largest absolute Gasteiger partial charge is 0.462 e. The Kier molecular flexibility index (Phi) is 59.4. The fraction of sp³-hybridized carbons (Fsp3) is 0.643. The van der Waals surface area contributed by atoms with Crippen LogP contribution >= 0.6 is 0 Å². The topological polar surface area (TPSA) is 78.9 Å². The van der Waals surface area contributed by atoms with Crippen molar-refractivity contribution in [2.45, 2.75) is 277 Å². The summed E-state index contributed by atoms with van der Waals surface area (Å²) in [6.07, 6.45) is 89.0. The third kappa shape index (κ3) is 60.4. The van der Waals surface area contributed by atoms with Crippen LogP contribution in [0.3, 0.4) is 0 Å². The van der Waals surface area contributed by atoms with E-state index >= 15 is 0 Å². The minimum absolute atomic E-state index is 0.0883. The van der Waals surface area contributed by atoms with E-state index in [9.17, 15) is 14.4 Å². The second-order valence-corrected chi connectivity index (χ2v) is 20.2. The fourth-order valence-electron chi connectivity index (χ4n) is 8.23. The molecule has 0 rings (SSSR count). The molecule has 0 saturated heterocycles. The van der Waals surface area contributed by atoms with Gasteiger partial charge in [-0.1, -0.05) is 264 Å². The van der Waals surface area contributed by atoms with Crippen molar-refractivity contribution >= 4 is 17.9 Å². The molecule has 0 N–H and O–H groups in total. The maximum absolute atomic E-state index is 12.8. The van der Waals surface area contributed by atoms with Crippen molar-refractivity contribution in [3.05, 3.63) is 134 Å². The predicted molar refractivity (Wildman–Crippen MR) is 329 cm³/mol. The number of unbranched alkanes of at least 4 members (excludes halogenated alkanes) is 22. The zero-order valence-corrected chi connectivity index (χ0v) is 49.2. The summed E-state index contributed by atoms with van der Waals surface area (Å²) in [6.45, 7) is 6.44. The highest BCUT2D eigenvalue weighted by molar-refractivity contribution is 5.71. The van der Waals surface area contributed by atoms with Crippen molar-refractivity contribution in [3.8, 4) is 0 Å². The number of carbonyl (C=O) groups is 3. The van der Waals surface area contributed by atoms with E-state index in [4.69, 9.17) is 14.2 Å². The maximum atomic E-state index is 12.8. The number of rotatable bonds is 55. The van der Waals surface area contributed by atoms with Crippen LogP contribution in [-0.2, 0) is 28.6 Å². The zero-order valence-electron chi connectivity index (χ0n) is 49.2. The van der Waals surface area contributed by atoms with Gasteiger partial charge >= 0.3 is 17.9 Å². The molecule has 0 aliphatic carbocycles. The summed E-state index contributed by atoms with van der Waals surface area (Å²) in [5, 5.41) is 0. The van der Waals surface area contributed by atoms with Gasteiger partial charge in [-0.15, -0.1) is 0 Å². The van der Waals surface area contributed by atoms with E-state index in [1.165, 1.54) is 83.5 Å². The summed E-state index contributed by atoms with van der Waals surface area (Å²) in [6, 6.07) is 0. The molecule has 1 unspecified atom stereocenters. The second-order valence-electron chi connectivity index (χ2n) is 20.2. The Bertz CT molecular complexity index is 1630. The first-order chi connectivity index (χ1) is 37.5. The van der Waals surface area contributed by atoms with E-state index in [0.717, 1.165) is 148 Å². The molecule has 0 bridgehead atoms. The molecular formula is C70H114O6. The van der Waals surface area contributed by atoms with Gasteiger partial charge in [0.05, 0.1) is 0 Å². The number of hydrogen-bond acceptors (Lipinski definition) is 6. The minimum Gasteiger partial charge on any atom is -0.462 e. The molecule has 0 amide bonds. The summed E-state index contributed by atoms with van der Waals surface area (Å²) in [5.41, 5.74) is 0. The Labute approximate surface area is 468 Å². The highest BCUT2D eigenvalue weighted by Crippen LogP contribution is 2.14. The van der Waals surface area contributed by atoms with Gasteiger partial charge < -0.3 is 14.2 Å². The quantitative estimate of drug-likeness (QED) is 0.0261. The van der Waals surface area contributed by atoms with E-state index in [2.05, 4.69) is 154 Å². The van der Waals surface area contributed by atoms with Crippen LogP contribution in [0.5, 0.6) is 0 Å². The molecule has 0 aromatic rings. The maximum Gasteiger partial charge on any atom is 0.306 e.